The molecule has 0 fully saturated rings. The van der Waals surface area contributed by atoms with Crippen LogP contribution in [0.4, 0.5) is 0 Å². The molecule has 4 rings (SSSR count). The summed E-state index contributed by atoms with van der Waals surface area (Å²) in [7, 11) is 0. The van der Waals surface area contributed by atoms with Gasteiger partial charge in [-0.1, -0.05) is 96.0 Å². The van der Waals surface area contributed by atoms with Crippen molar-refractivity contribution in [2.75, 3.05) is 13.2 Å². The number of amides is 1. The molecule has 0 unspecified atom stereocenters. The third kappa shape index (κ3) is 16.3. The van der Waals surface area contributed by atoms with Crippen molar-refractivity contribution >= 4 is 59.4 Å². The number of carboxylic acid groups (broad SMARTS) is 1. The smallest absolute Gasteiger partial charge is 0.307 e. The summed E-state index contributed by atoms with van der Waals surface area (Å²) < 4.78 is 9.89. The normalized spacial score (nSPS) is 11.5. The van der Waals surface area contributed by atoms with Gasteiger partial charge < -0.3 is 25.6 Å². The first kappa shape index (κ1) is 43.8. The fourth-order valence-electron chi connectivity index (χ4n) is 5.21. The zero-order valence-electron chi connectivity index (χ0n) is 29.2. The molecular formula is C40H45Cl3N2O7. The van der Waals surface area contributed by atoms with Crippen LogP contribution in [0.1, 0.15) is 50.7 Å². The Morgan fingerprint density at radius 1 is 0.673 bits per heavy atom. The lowest BCUT2D eigenvalue weighted by Gasteiger charge is -2.18. The summed E-state index contributed by atoms with van der Waals surface area (Å²) in [4.78, 5) is 46.0. The second-order valence-electron chi connectivity index (χ2n) is 11.8. The van der Waals surface area contributed by atoms with Crippen molar-refractivity contribution in [2.45, 2.75) is 64.5 Å². The van der Waals surface area contributed by atoms with E-state index in [1.165, 1.54) is 0 Å². The number of carboxylic acids is 1. The summed E-state index contributed by atoms with van der Waals surface area (Å²) >= 11 is 12.1. The number of nitrogens with two attached hydrogens (primary N) is 1. The van der Waals surface area contributed by atoms with Gasteiger partial charge in [0, 0.05) is 28.5 Å². The molecule has 4 N–H and O–H groups in total. The molecule has 0 radical (unpaired) electrons. The molecule has 0 aliphatic heterocycles. The van der Waals surface area contributed by atoms with Gasteiger partial charge in [0.25, 0.3) is 0 Å². The van der Waals surface area contributed by atoms with Gasteiger partial charge in [0.15, 0.2) is 0 Å². The number of carbonyl (C=O) groups excluding carboxylic acids is 3. The second-order valence-corrected chi connectivity index (χ2v) is 12.6. The SMILES string of the molecule is CCOC(=O)C[C@@H](Cc1ccc(-c2cccc(Cl)c2)cc1)NC(=O)CCC(=O)O.CCOC(=O)C[C@H](N)Cc1ccc(-c2cccc(Cl)c2)cc1.Cl. The molecule has 0 aromatic heterocycles. The number of esters is 2. The van der Waals surface area contributed by atoms with Crippen molar-refractivity contribution < 1.29 is 33.8 Å². The zero-order valence-corrected chi connectivity index (χ0v) is 31.5. The molecule has 1 amide bonds. The zero-order chi connectivity index (χ0) is 37.2. The van der Waals surface area contributed by atoms with E-state index < -0.39 is 23.9 Å². The number of benzene rings is 4. The molecule has 4 aromatic rings. The highest BCUT2D eigenvalue weighted by molar-refractivity contribution is 6.31. The van der Waals surface area contributed by atoms with Crippen molar-refractivity contribution in [3.05, 3.63) is 118 Å². The standard InChI is InChI=1S/C22H24ClNO5.C18H20ClNO2.ClH/c1-2-29-22(28)14-19(24-20(25)10-11-21(26)27)12-15-6-8-16(9-7-15)17-4-3-5-18(23)13-17;1-2-22-18(21)12-17(20)10-13-6-8-14(9-7-13)15-4-3-5-16(19)11-15;/h3-9,13,19H,2,10-12,14H2,1H3,(H,24,25)(H,26,27);3-9,11,17H,2,10,12,20H2,1H3;1H/t19-;17-;/m11./s1. The van der Waals surface area contributed by atoms with E-state index in [0.717, 1.165) is 38.4 Å². The minimum Gasteiger partial charge on any atom is -0.481 e. The average Bonchev–Trinajstić information content (AvgIpc) is 3.08. The molecule has 12 heteroatoms. The number of hydrogen-bond acceptors (Lipinski definition) is 7. The van der Waals surface area contributed by atoms with Gasteiger partial charge in [0.05, 0.1) is 32.5 Å². The molecule has 0 bridgehead atoms. The number of hydrogen-bond donors (Lipinski definition) is 3. The van der Waals surface area contributed by atoms with Crippen molar-refractivity contribution in [3.63, 3.8) is 0 Å². The molecule has 278 valence electrons. The molecule has 0 saturated carbocycles. The fourth-order valence-corrected chi connectivity index (χ4v) is 5.59. The van der Waals surface area contributed by atoms with Gasteiger partial charge in [-0.3, -0.25) is 19.2 Å². The predicted molar refractivity (Wildman–Crippen MR) is 208 cm³/mol. The maximum Gasteiger partial charge on any atom is 0.307 e. The van der Waals surface area contributed by atoms with E-state index in [9.17, 15) is 19.2 Å². The first-order valence-corrected chi connectivity index (χ1v) is 17.5. The van der Waals surface area contributed by atoms with Crippen LogP contribution in [-0.4, -0.2) is 54.2 Å². The van der Waals surface area contributed by atoms with Crippen LogP contribution in [0, 0.1) is 0 Å². The molecular weight excluding hydrogens is 727 g/mol. The van der Waals surface area contributed by atoms with Gasteiger partial charge >= 0.3 is 17.9 Å². The summed E-state index contributed by atoms with van der Waals surface area (Å²) in [5, 5.41) is 12.8. The van der Waals surface area contributed by atoms with E-state index in [1.807, 2.05) is 97.1 Å². The van der Waals surface area contributed by atoms with Gasteiger partial charge in [0.2, 0.25) is 5.91 Å². The summed E-state index contributed by atoms with van der Waals surface area (Å²) in [6.07, 6.45) is 0.934. The maximum absolute atomic E-state index is 12.0. The number of ether oxygens (including phenoxy) is 2. The summed E-state index contributed by atoms with van der Waals surface area (Å²) in [5.41, 5.74) is 12.2. The maximum atomic E-state index is 12.0. The second kappa shape index (κ2) is 23.2. The van der Waals surface area contributed by atoms with E-state index in [1.54, 1.807) is 13.8 Å². The minimum absolute atomic E-state index is 0. The number of aliphatic carboxylic acids is 1. The topological polar surface area (TPSA) is 145 Å². The highest BCUT2D eigenvalue weighted by atomic mass is 35.5. The monoisotopic (exact) mass is 770 g/mol. The van der Waals surface area contributed by atoms with E-state index in [4.69, 9.17) is 43.5 Å². The van der Waals surface area contributed by atoms with Crippen LogP contribution in [0.3, 0.4) is 0 Å². The van der Waals surface area contributed by atoms with Crippen LogP contribution >= 0.6 is 35.6 Å². The Bertz CT molecular complexity index is 1730. The van der Waals surface area contributed by atoms with E-state index in [-0.39, 0.29) is 56.7 Å². The van der Waals surface area contributed by atoms with Crippen LogP contribution in [0.2, 0.25) is 10.0 Å². The molecule has 52 heavy (non-hydrogen) atoms. The largest absolute Gasteiger partial charge is 0.481 e. The lowest BCUT2D eigenvalue weighted by Crippen LogP contribution is -2.38. The predicted octanol–water partition coefficient (Wildman–Crippen LogP) is 8.10. The van der Waals surface area contributed by atoms with Gasteiger partial charge in [-0.15, -0.1) is 12.4 Å². The van der Waals surface area contributed by atoms with Crippen LogP contribution in [0.25, 0.3) is 22.3 Å². The Balaban J connectivity index is 0.000000366. The first-order valence-electron chi connectivity index (χ1n) is 16.7. The highest BCUT2D eigenvalue weighted by Crippen LogP contribution is 2.25. The molecule has 0 aliphatic carbocycles. The highest BCUT2D eigenvalue weighted by Gasteiger charge is 2.19. The summed E-state index contributed by atoms with van der Waals surface area (Å²) in [6, 6.07) is 30.5. The number of nitrogens with one attached hydrogen (secondary N) is 1. The van der Waals surface area contributed by atoms with Crippen molar-refractivity contribution in [3.8, 4) is 22.3 Å². The Kier molecular flexibility index (Phi) is 19.5. The van der Waals surface area contributed by atoms with Crippen LogP contribution in [-0.2, 0) is 41.5 Å². The lowest BCUT2D eigenvalue weighted by atomic mass is 9.99. The van der Waals surface area contributed by atoms with Crippen LogP contribution in [0.15, 0.2) is 97.1 Å². The lowest BCUT2D eigenvalue weighted by molar-refractivity contribution is -0.144. The number of rotatable bonds is 16. The Hall–Kier alpha value is -4.41. The molecule has 0 spiro atoms. The van der Waals surface area contributed by atoms with Crippen molar-refractivity contribution in [1.29, 1.82) is 0 Å². The van der Waals surface area contributed by atoms with Gasteiger partial charge in [-0.25, -0.2) is 0 Å². The van der Waals surface area contributed by atoms with Gasteiger partial charge in [-0.2, -0.15) is 0 Å². The summed E-state index contributed by atoms with van der Waals surface area (Å²) in [5.74, 6) is -2.10. The number of carbonyl (C=O) groups is 4. The third-order valence-electron chi connectivity index (χ3n) is 7.59. The van der Waals surface area contributed by atoms with Crippen LogP contribution in [0.5, 0.6) is 0 Å². The van der Waals surface area contributed by atoms with Crippen molar-refractivity contribution in [2.24, 2.45) is 5.73 Å². The van der Waals surface area contributed by atoms with E-state index in [2.05, 4.69) is 5.32 Å². The Morgan fingerprint density at radius 2 is 1.13 bits per heavy atom. The molecule has 2 atom stereocenters. The number of halogens is 3. The molecule has 9 nitrogen and oxygen atoms in total. The third-order valence-corrected chi connectivity index (χ3v) is 8.06. The minimum atomic E-state index is -1.04. The first-order chi connectivity index (χ1) is 24.4. The van der Waals surface area contributed by atoms with E-state index >= 15 is 0 Å². The average molecular weight is 772 g/mol. The quantitative estimate of drug-likeness (QED) is 0.0970. The van der Waals surface area contributed by atoms with Crippen molar-refractivity contribution in [1.82, 2.24) is 5.32 Å². The summed E-state index contributed by atoms with van der Waals surface area (Å²) in [6.45, 7) is 4.15. The van der Waals surface area contributed by atoms with Gasteiger partial charge in [-0.05, 0) is 84.3 Å². The molecule has 0 heterocycles. The Morgan fingerprint density at radius 3 is 1.58 bits per heavy atom. The molecule has 4 aromatic carbocycles. The molecule has 0 aliphatic rings. The fraction of sp³-hybridized carbons (Fsp3) is 0.300. The van der Waals surface area contributed by atoms with E-state index in [0.29, 0.717) is 24.5 Å². The molecule has 0 saturated heterocycles. The Labute approximate surface area is 321 Å². The van der Waals surface area contributed by atoms with Gasteiger partial charge in [0.1, 0.15) is 0 Å². The van der Waals surface area contributed by atoms with Crippen LogP contribution < -0.4 is 11.1 Å².